The Bertz CT molecular complexity index is 769. The molecule has 0 saturated carbocycles. The van der Waals surface area contributed by atoms with Crippen molar-refractivity contribution in [3.63, 3.8) is 0 Å². The van der Waals surface area contributed by atoms with Crippen LogP contribution in [0.1, 0.15) is 29.8 Å². The van der Waals surface area contributed by atoms with Crippen molar-refractivity contribution in [2.24, 2.45) is 0 Å². The number of benzene rings is 2. The van der Waals surface area contributed by atoms with Gasteiger partial charge in [-0.25, -0.2) is 4.79 Å². The van der Waals surface area contributed by atoms with Gasteiger partial charge < -0.3 is 9.84 Å². The summed E-state index contributed by atoms with van der Waals surface area (Å²) in [5, 5.41) is 9.75. The average molecular weight is 353 g/mol. The summed E-state index contributed by atoms with van der Waals surface area (Å²) in [5.74, 6) is -1.07. The normalized spacial score (nSPS) is 11.1. The minimum Gasteiger partial charge on any atom is -0.478 e. The second kappa shape index (κ2) is 6.60. The molecule has 2 rings (SSSR count). The van der Waals surface area contributed by atoms with Crippen LogP contribution in [0.2, 0.25) is 10.0 Å². The minimum atomic E-state index is -1.40. The SMILES string of the molecule is CC(C)(Oc1cccc(C(=O)c2ccc(Cl)c(Cl)c2)c1)C(=O)O. The Balaban J connectivity index is 2.30. The molecule has 2 aromatic carbocycles. The number of ether oxygens (including phenoxy) is 1. The van der Waals surface area contributed by atoms with E-state index in [1.165, 1.54) is 26.0 Å². The number of carboxylic acids is 1. The first-order chi connectivity index (χ1) is 10.7. The Hall–Kier alpha value is -2.04. The number of ketones is 1. The molecule has 0 spiro atoms. The summed E-state index contributed by atoms with van der Waals surface area (Å²) in [6.07, 6.45) is 0. The molecule has 0 amide bonds. The van der Waals surface area contributed by atoms with Crippen LogP contribution in [0.4, 0.5) is 0 Å². The van der Waals surface area contributed by atoms with Gasteiger partial charge in [-0.15, -0.1) is 0 Å². The third kappa shape index (κ3) is 4.03. The molecular weight excluding hydrogens is 339 g/mol. The summed E-state index contributed by atoms with van der Waals surface area (Å²) in [5.41, 5.74) is -0.651. The van der Waals surface area contributed by atoms with E-state index in [0.29, 0.717) is 21.9 Å². The summed E-state index contributed by atoms with van der Waals surface area (Å²) in [4.78, 5) is 23.6. The Morgan fingerprint density at radius 1 is 1.00 bits per heavy atom. The van der Waals surface area contributed by atoms with E-state index in [4.69, 9.17) is 33.0 Å². The summed E-state index contributed by atoms with van der Waals surface area (Å²) >= 11 is 11.8. The van der Waals surface area contributed by atoms with Crippen molar-refractivity contribution in [1.29, 1.82) is 0 Å². The highest BCUT2D eigenvalue weighted by Crippen LogP contribution is 2.25. The monoisotopic (exact) mass is 352 g/mol. The molecule has 0 atom stereocenters. The van der Waals surface area contributed by atoms with Gasteiger partial charge in [0.2, 0.25) is 0 Å². The van der Waals surface area contributed by atoms with Crippen LogP contribution in [-0.4, -0.2) is 22.5 Å². The van der Waals surface area contributed by atoms with Crippen molar-refractivity contribution in [3.8, 4) is 5.75 Å². The molecule has 6 heteroatoms. The largest absolute Gasteiger partial charge is 0.478 e. The zero-order valence-electron chi connectivity index (χ0n) is 12.5. The highest BCUT2D eigenvalue weighted by Gasteiger charge is 2.29. The van der Waals surface area contributed by atoms with Crippen LogP contribution in [0.3, 0.4) is 0 Å². The number of halogens is 2. The number of carbonyl (C=O) groups excluding carboxylic acids is 1. The number of aliphatic carboxylic acids is 1. The molecule has 0 unspecified atom stereocenters. The fourth-order valence-corrected chi connectivity index (χ4v) is 2.14. The molecular formula is C17H14Cl2O4. The van der Waals surface area contributed by atoms with Gasteiger partial charge in [0.25, 0.3) is 0 Å². The molecule has 2 aromatic rings. The predicted molar refractivity (Wildman–Crippen MR) is 88.7 cm³/mol. The first-order valence-electron chi connectivity index (χ1n) is 6.73. The molecule has 0 saturated heterocycles. The Morgan fingerprint density at radius 2 is 1.65 bits per heavy atom. The fourth-order valence-electron chi connectivity index (χ4n) is 1.84. The smallest absolute Gasteiger partial charge is 0.347 e. The minimum absolute atomic E-state index is 0.262. The molecule has 0 heterocycles. The van der Waals surface area contributed by atoms with Gasteiger partial charge in [0.15, 0.2) is 11.4 Å². The van der Waals surface area contributed by atoms with Crippen molar-refractivity contribution in [2.75, 3.05) is 0 Å². The Kier molecular flexibility index (Phi) is 4.97. The summed E-state index contributed by atoms with van der Waals surface area (Å²) in [7, 11) is 0. The molecule has 1 N–H and O–H groups in total. The number of carbonyl (C=O) groups is 2. The lowest BCUT2D eigenvalue weighted by Crippen LogP contribution is -2.37. The average Bonchev–Trinajstić information content (AvgIpc) is 2.49. The van der Waals surface area contributed by atoms with Crippen LogP contribution in [0.15, 0.2) is 42.5 Å². The van der Waals surface area contributed by atoms with E-state index in [2.05, 4.69) is 0 Å². The van der Waals surface area contributed by atoms with Gasteiger partial charge in [-0.3, -0.25) is 4.79 Å². The van der Waals surface area contributed by atoms with Crippen molar-refractivity contribution in [2.45, 2.75) is 19.4 Å². The molecule has 0 aliphatic heterocycles. The topological polar surface area (TPSA) is 63.6 Å². The third-order valence-electron chi connectivity index (χ3n) is 3.17. The van der Waals surface area contributed by atoms with Gasteiger partial charge in [0.05, 0.1) is 10.0 Å². The number of hydrogen-bond donors (Lipinski definition) is 1. The van der Waals surface area contributed by atoms with E-state index >= 15 is 0 Å². The number of rotatable bonds is 5. The molecule has 0 aliphatic rings. The molecule has 0 aromatic heterocycles. The number of hydrogen-bond acceptors (Lipinski definition) is 3. The van der Waals surface area contributed by atoms with Crippen LogP contribution < -0.4 is 4.74 Å². The van der Waals surface area contributed by atoms with E-state index < -0.39 is 11.6 Å². The van der Waals surface area contributed by atoms with E-state index in [0.717, 1.165) is 0 Å². The zero-order valence-corrected chi connectivity index (χ0v) is 14.0. The standard InChI is InChI=1S/C17H14Cl2O4/c1-17(2,16(21)22)23-12-5-3-4-10(8-12)15(20)11-6-7-13(18)14(19)9-11/h3-9H,1-2H3,(H,21,22). The molecule has 0 aliphatic carbocycles. The van der Waals surface area contributed by atoms with E-state index in [1.807, 2.05) is 0 Å². The third-order valence-corrected chi connectivity index (χ3v) is 3.91. The lowest BCUT2D eigenvalue weighted by atomic mass is 10.0. The van der Waals surface area contributed by atoms with Gasteiger partial charge in [0.1, 0.15) is 5.75 Å². The molecule has 0 bridgehead atoms. The van der Waals surface area contributed by atoms with E-state index in [1.54, 1.807) is 30.3 Å². The van der Waals surface area contributed by atoms with E-state index in [-0.39, 0.29) is 10.8 Å². The van der Waals surface area contributed by atoms with Crippen molar-refractivity contribution in [3.05, 3.63) is 63.6 Å². The molecule has 0 radical (unpaired) electrons. The van der Waals surface area contributed by atoms with Crippen LogP contribution >= 0.6 is 23.2 Å². The Morgan fingerprint density at radius 3 is 2.26 bits per heavy atom. The Labute approximate surface area is 143 Å². The predicted octanol–water partition coefficient (Wildman–Crippen LogP) is 4.47. The van der Waals surface area contributed by atoms with Crippen LogP contribution in [0.5, 0.6) is 5.75 Å². The maximum Gasteiger partial charge on any atom is 0.347 e. The van der Waals surface area contributed by atoms with Crippen molar-refractivity contribution >= 4 is 35.0 Å². The maximum absolute atomic E-state index is 12.5. The first kappa shape index (κ1) is 17.3. The summed E-state index contributed by atoms with van der Waals surface area (Å²) in [6.45, 7) is 2.87. The van der Waals surface area contributed by atoms with Crippen LogP contribution in [0, 0.1) is 0 Å². The first-order valence-corrected chi connectivity index (χ1v) is 7.48. The summed E-state index contributed by atoms with van der Waals surface area (Å²) in [6, 6.07) is 10.9. The van der Waals surface area contributed by atoms with Gasteiger partial charge in [-0.2, -0.15) is 0 Å². The highest BCUT2D eigenvalue weighted by atomic mass is 35.5. The zero-order chi connectivity index (χ0) is 17.2. The number of carboxylic acid groups (broad SMARTS) is 1. The molecule has 23 heavy (non-hydrogen) atoms. The fraction of sp³-hybridized carbons (Fsp3) is 0.176. The molecule has 4 nitrogen and oxygen atoms in total. The molecule has 120 valence electrons. The van der Waals surface area contributed by atoms with Gasteiger partial charge in [0, 0.05) is 11.1 Å². The van der Waals surface area contributed by atoms with Gasteiger partial charge >= 0.3 is 5.97 Å². The second-order valence-corrected chi connectivity index (χ2v) is 6.22. The summed E-state index contributed by atoms with van der Waals surface area (Å²) < 4.78 is 5.43. The van der Waals surface area contributed by atoms with Crippen LogP contribution in [-0.2, 0) is 4.79 Å². The lowest BCUT2D eigenvalue weighted by Gasteiger charge is -2.21. The van der Waals surface area contributed by atoms with Crippen molar-refractivity contribution < 1.29 is 19.4 Å². The molecule has 0 fully saturated rings. The lowest BCUT2D eigenvalue weighted by molar-refractivity contribution is -0.152. The van der Waals surface area contributed by atoms with Gasteiger partial charge in [-0.1, -0.05) is 35.3 Å². The van der Waals surface area contributed by atoms with Gasteiger partial charge in [-0.05, 0) is 44.2 Å². The highest BCUT2D eigenvalue weighted by molar-refractivity contribution is 6.42. The maximum atomic E-state index is 12.5. The second-order valence-electron chi connectivity index (χ2n) is 5.40. The van der Waals surface area contributed by atoms with Crippen LogP contribution in [0.25, 0.3) is 0 Å². The van der Waals surface area contributed by atoms with Crippen molar-refractivity contribution in [1.82, 2.24) is 0 Å². The quantitative estimate of drug-likeness (QED) is 0.806. The van der Waals surface area contributed by atoms with E-state index in [9.17, 15) is 9.59 Å².